The molecule has 0 aliphatic carbocycles. The third-order valence-corrected chi connectivity index (χ3v) is 3.02. The summed E-state index contributed by atoms with van der Waals surface area (Å²) in [5.74, 6) is 0. The Hall–Kier alpha value is -1.02. The molecule has 0 spiro atoms. The summed E-state index contributed by atoms with van der Waals surface area (Å²) < 4.78 is 5.39. The highest BCUT2D eigenvalue weighted by molar-refractivity contribution is 5.54. The van der Waals surface area contributed by atoms with Gasteiger partial charge in [0, 0.05) is 12.3 Å². The molecule has 0 radical (unpaired) electrons. The average molecular weight is 219 g/mol. The largest absolute Gasteiger partial charge is 0.380 e. The van der Waals surface area contributed by atoms with Gasteiger partial charge in [0.1, 0.15) is 0 Å². The molecule has 1 unspecified atom stereocenters. The fraction of sp³-hybridized carbons (Fsp3) is 0.571. The number of anilines is 1. The third-order valence-electron chi connectivity index (χ3n) is 3.02. The Morgan fingerprint density at radius 3 is 2.62 bits per heavy atom. The maximum Gasteiger partial charge on any atom is 0.0668 e. The number of ether oxygens (including phenoxy) is 1. The topological polar surface area (TPSA) is 21.3 Å². The Balaban J connectivity index is 2.19. The van der Waals surface area contributed by atoms with Crippen LogP contribution in [-0.4, -0.2) is 19.3 Å². The predicted molar refractivity (Wildman–Crippen MR) is 68.0 cm³/mol. The summed E-state index contributed by atoms with van der Waals surface area (Å²) in [5.41, 5.74) is 2.82. The molecule has 0 saturated carbocycles. The zero-order valence-electron chi connectivity index (χ0n) is 10.4. The molecule has 0 amide bonds. The molecule has 1 fully saturated rings. The Kier molecular flexibility index (Phi) is 3.20. The van der Waals surface area contributed by atoms with Gasteiger partial charge in [-0.2, -0.15) is 0 Å². The molecule has 1 aromatic carbocycles. The molecule has 0 aromatic heterocycles. The molecule has 2 nitrogen and oxygen atoms in total. The van der Waals surface area contributed by atoms with Crippen LogP contribution in [0.15, 0.2) is 24.3 Å². The first kappa shape index (κ1) is 11.5. The maximum absolute atomic E-state index is 5.39. The van der Waals surface area contributed by atoms with E-state index in [0.717, 1.165) is 19.6 Å². The van der Waals surface area contributed by atoms with E-state index in [1.54, 1.807) is 0 Å². The van der Waals surface area contributed by atoms with Crippen molar-refractivity contribution in [1.82, 2.24) is 0 Å². The van der Waals surface area contributed by atoms with Crippen LogP contribution in [0.4, 0.5) is 5.69 Å². The van der Waals surface area contributed by atoms with Crippen molar-refractivity contribution in [3.63, 3.8) is 0 Å². The van der Waals surface area contributed by atoms with E-state index in [1.807, 2.05) is 0 Å². The fourth-order valence-corrected chi connectivity index (χ4v) is 2.13. The van der Waals surface area contributed by atoms with E-state index in [4.69, 9.17) is 4.74 Å². The van der Waals surface area contributed by atoms with Crippen LogP contribution in [0.3, 0.4) is 0 Å². The van der Waals surface area contributed by atoms with E-state index in [9.17, 15) is 0 Å². The molecule has 1 saturated heterocycles. The normalized spacial score (nSPS) is 21.1. The minimum Gasteiger partial charge on any atom is -0.380 e. The highest BCUT2D eigenvalue weighted by atomic mass is 16.5. The van der Waals surface area contributed by atoms with Crippen molar-refractivity contribution in [1.29, 1.82) is 0 Å². The fourth-order valence-electron chi connectivity index (χ4n) is 2.13. The number of rotatable bonds is 2. The zero-order chi connectivity index (χ0) is 11.6. The quantitative estimate of drug-likeness (QED) is 0.825. The number of para-hydroxylation sites is 1. The van der Waals surface area contributed by atoms with Crippen LogP contribution in [0.5, 0.6) is 0 Å². The highest BCUT2D eigenvalue weighted by Crippen LogP contribution is 2.30. The predicted octanol–water partition coefficient (Wildman–Crippen LogP) is 3.18. The Morgan fingerprint density at radius 1 is 1.25 bits per heavy atom. The van der Waals surface area contributed by atoms with Gasteiger partial charge in [0.15, 0.2) is 0 Å². The van der Waals surface area contributed by atoms with Gasteiger partial charge in [0.25, 0.3) is 0 Å². The second-order valence-electron chi connectivity index (χ2n) is 5.50. The monoisotopic (exact) mass is 219 g/mol. The van der Waals surface area contributed by atoms with Crippen LogP contribution in [0.1, 0.15) is 32.8 Å². The molecule has 1 atom stereocenters. The van der Waals surface area contributed by atoms with Crippen molar-refractivity contribution in [3.05, 3.63) is 29.8 Å². The summed E-state index contributed by atoms with van der Waals surface area (Å²) in [6.07, 6.45) is 1.11. The van der Waals surface area contributed by atoms with Gasteiger partial charge in [-0.3, -0.25) is 0 Å². The highest BCUT2D eigenvalue weighted by Gasteiger charge is 2.21. The molecule has 16 heavy (non-hydrogen) atoms. The molecular weight excluding hydrogens is 198 g/mol. The minimum atomic E-state index is 0.184. The van der Waals surface area contributed by atoms with Gasteiger partial charge in [-0.15, -0.1) is 0 Å². The summed E-state index contributed by atoms with van der Waals surface area (Å²) >= 11 is 0. The SMILES string of the molecule is CC(C)(C)c1ccccc1NC1CCOC1. The molecule has 1 aliphatic rings. The van der Waals surface area contributed by atoms with Crippen molar-refractivity contribution in [3.8, 4) is 0 Å². The third kappa shape index (κ3) is 2.56. The van der Waals surface area contributed by atoms with Crippen molar-refractivity contribution in [2.75, 3.05) is 18.5 Å². The van der Waals surface area contributed by atoms with Crippen LogP contribution in [-0.2, 0) is 10.2 Å². The van der Waals surface area contributed by atoms with Crippen LogP contribution in [0.2, 0.25) is 0 Å². The van der Waals surface area contributed by atoms with Crippen LogP contribution in [0, 0.1) is 0 Å². The van der Waals surface area contributed by atoms with E-state index in [0.29, 0.717) is 6.04 Å². The van der Waals surface area contributed by atoms with Crippen LogP contribution < -0.4 is 5.32 Å². The zero-order valence-corrected chi connectivity index (χ0v) is 10.4. The van der Waals surface area contributed by atoms with Gasteiger partial charge in [0.05, 0.1) is 12.6 Å². The lowest BCUT2D eigenvalue weighted by Crippen LogP contribution is -2.22. The standard InChI is InChI=1S/C14H21NO/c1-14(2,3)12-6-4-5-7-13(12)15-11-8-9-16-10-11/h4-7,11,15H,8-10H2,1-3H3. The summed E-state index contributed by atoms with van der Waals surface area (Å²) in [4.78, 5) is 0. The van der Waals surface area contributed by atoms with E-state index in [-0.39, 0.29) is 5.41 Å². The lowest BCUT2D eigenvalue weighted by molar-refractivity contribution is 0.195. The first-order valence-corrected chi connectivity index (χ1v) is 6.01. The van der Waals surface area contributed by atoms with E-state index in [1.165, 1.54) is 11.3 Å². The molecule has 2 heteroatoms. The molecule has 1 aromatic rings. The summed E-state index contributed by atoms with van der Waals surface area (Å²) in [7, 11) is 0. The van der Waals surface area contributed by atoms with Gasteiger partial charge >= 0.3 is 0 Å². The summed E-state index contributed by atoms with van der Waals surface area (Å²) in [6.45, 7) is 8.46. The number of hydrogen-bond acceptors (Lipinski definition) is 2. The van der Waals surface area contributed by atoms with Gasteiger partial charge in [0.2, 0.25) is 0 Å². The Labute approximate surface area is 98.0 Å². The van der Waals surface area contributed by atoms with Crippen molar-refractivity contribution in [2.24, 2.45) is 0 Å². The smallest absolute Gasteiger partial charge is 0.0668 e. The first-order chi connectivity index (χ1) is 7.57. The van der Waals surface area contributed by atoms with Gasteiger partial charge in [-0.1, -0.05) is 39.0 Å². The lowest BCUT2D eigenvalue weighted by atomic mass is 9.85. The molecule has 1 heterocycles. The molecule has 1 N–H and O–H groups in total. The van der Waals surface area contributed by atoms with Gasteiger partial charge in [-0.25, -0.2) is 0 Å². The second kappa shape index (κ2) is 4.46. The van der Waals surface area contributed by atoms with Crippen LogP contribution in [0.25, 0.3) is 0 Å². The minimum absolute atomic E-state index is 0.184. The van der Waals surface area contributed by atoms with Crippen molar-refractivity contribution >= 4 is 5.69 Å². The Morgan fingerprint density at radius 2 is 2.00 bits per heavy atom. The van der Waals surface area contributed by atoms with E-state index in [2.05, 4.69) is 50.4 Å². The van der Waals surface area contributed by atoms with Crippen LogP contribution >= 0.6 is 0 Å². The lowest BCUT2D eigenvalue weighted by Gasteiger charge is -2.25. The second-order valence-corrected chi connectivity index (χ2v) is 5.50. The summed E-state index contributed by atoms with van der Waals surface area (Å²) in [6, 6.07) is 9.05. The van der Waals surface area contributed by atoms with Gasteiger partial charge < -0.3 is 10.1 Å². The number of benzene rings is 1. The maximum atomic E-state index is 5.39. The summed E-state index contributed by atoms with van der Waals surface area (Å²) in [5, 5.41) is 3.59. The average Bonchev–Trinajstić information content (AvgIpc) is 2.70. The number of hydrogen-bond donors (Lipinski definition) is 1. The molecular formula is C14H21NO. The molecule has 0 bridgehead atoms. The number of nitrogens with one attached hydrogen (secondary N) is 1. The molecule has 2 rings (SSSR count). The van der Waals surface area contributed by atoms with Crippen molar-refractivity contribution < 1.29 is 4.74 Å². The first-order valence-electron chi connectivity index (χ1n) is 6.01. The molecule has 88 valence electrons. The van der Waals surface area contributed by atoms with E-state index < -0.39 is 0 Å². The van der Waals surface area contributed by atoms with Gasteiger partial charge in [-0.05, 0) is 23.5 Å². The Bertz CT molecular complexity index is 348. The van der Waals surface area contributed by atoms with E-state index >= 15 is 0 Å². The molecule has 1 aliphatic heterocycles. The van der Waals surface area contributed by atoms with Crippen molar-refractivity contribution in [2.45, 2.75) is 38.6 Å².